The molecular weight excluding hydrogens is 394 g/mol. The van der Waals surface area contributed by atoms with Gasteiger partial charge in [0.25, 0.3) is 11.7 Å². The number of hydrogen-bond acceptors (Lipinski definition) is 5. The first-order valence-electron chi connectivity index (χ1n) is 9.15. The van der Waals surface area contributed by atoms with E-state index in [1.165, 1.54) is 18.1 Å². The van der Waals surface area contributed by atoms with Gasteiger partial charge in [-0.3, -0.25) is 9.59 Å². The maximum Gasteiger partial charge on any atom is 0.295 e. The third kappa shape index (κ3) is 4.13. The maximum atomic E-state index is 12.9. The first-order chi connectivity index (χ1) is 14.0. The van der Waals surface area contributed by atoms with Gasteiger partial charge in [0.2, 0.25) is 0 Å². The number of amides is 1. The highest BCUT2D eigenvalue weighted by molar-refractivity contribution is 6.46. The second-order valence-electron chi connectivity index (χ2n) is 6.60. The van der Waals surface area contributed by atoms with Gasteiger partial charge in [-0.1, -0.05) is 41.9 Å². The Morgan fingerprint density at radius 3 is 2.52 bits per heavy atom. The number of rotatable bonds is 7. The van der Waals surface area contributed by atoms with E-state index in [-0.39, 0.29) is 11.3 Å². The lowest BCUT2D eigenvalue weighted by molar-refractivity contribution is -0.140. The van der Waals surface area contributed by atoms with Crippen LogP contribution in [0.5, 0.6) is 5.75 Å². The lowest BCUT2D eigenvalue weighted by atomic mass is 9.95. The Morgan fingerprint density at radius 2 is 1.86 bits per heavy atom. The lowest BCUT2D eigenvalue weighted by Crippen LogP contribution is -2.31. The van der Waals surface area contributed by atoms with Crippen molar-refractivity contribution in [1.82, 2.24) is 4.90 Å². The van der Waals surface area contributed by atoms with E-state index in [0.717, 1.165) is 5.56 Å². The number of nitrogens with zero attached hydrogens (tertiary/aromatic N) is 1. The van der Waals surface area contributed by atoms with E-state index in [1.807, 2.05) is 30.3 Å². The van der Waals surface area contributed by atoms with Crippen LogP contribution in [0.3, 0.4) is 0 Å². The van der Waals surface area contributed by atoms with E-state index in [9.17, 15) is 14.7 Å². The Morgan fingerprint density at radius 1 is 1.14 bits per heavy atom. The molecule has 3 rings (SSSR count). The molecule has 1 heterocycles. The zero-order valence-corrected chi connectivity index (χ0v) is 17.0. The monoisotopic (exact) mass is 415 g/mol. The molecule has 2 aromatic rings. The van der Waals surface area contributed by atoms with Crippen molar-refractivity contribution in [2.45, 2.75) is 12.5 Å². The number of ketones is 1. The van der Waals surface area contributed by atoms with Crippen molar-refractivity contribution in [3.05, 3.63) is 70.3 Å². The van der Waals surface area contributed by atoms with Crippen LogP contribution in [0.4, 0.5) is 0 Å². The first kappa shape index (κ1) is 20.9. The van der Waals surface area contributed by atoms with Crippen molar-refractivity contribution in [2.75, 3.05) is 27.4 Å². The van der Waals surface area contributed by atoms with Gasteiger partial charge in [0.1, 0.15) is 11.5 Å². The summed E-state index contributed by atoms with van der Waals surface area (Å²) in [5.74, 6) is -1.26. The van der Waals surface area contributed by atoms with Gasteiger partial charge in [0.05, 0.1) is 23.7 Å². The van der Waals surface area contributed by atoms with E-state index < -0.39 is 17.7 Å². The number of benzene rings is 2. The van der Waals surface area contributed by atoms with E-state index in [4.69, 9.17) is 21.1 Å². The Labute approximate surface area is 174 Å². The summed E-state index contributed by atoms with van der Waals surface area (Å²) in [6.07, 6.45) is 0.571. The zero-order valence-electron chi connectivity index (χ0n) is 16.2. The average Bonchev–Trinajstić information content (AvgIpc) is 2.99. The van der Waals surface area contributed by atoms with Crippen LogP contribution in [0.2, 0.25) is 5.02 Å². The van der Waals surface area contributed by atoms with Crippen LogP contribution in [0.1, 0.15) is 23.6 Å². The van der Waals surface area contributed by atoms with Crippen molar-refractivity contribution < 1.29 is 24.2 Å². The Bertz CT molecular complexity index is 941. The highest BCUT2D eigenvalue weighted by atomic mass is 35.5. The molecular formula is C22H22ClNO5. The summed E-state index contributed by atoms with van der Waals surface area (Å²) in [5.41, 5.74) is 1.14. The molecule has 0 aromatic heterocycles. The fraction of sp³-hybridized carbons (Fsp3) is 0.273. The number of aliphatic hydroxyl groups excluding tert-OH is 1. The van der Waals surface area contributed by atoms with E-state index in [1.54, 1.807) is 19.2 Å². The molecule has 0 radical (unpaired) electrons. The summed E-state index contributed by atoms with van der Waals surface area (Å²) in [7, 11) is 3.04. The maximum absolute atomic E-state index is 12.9. The molecule has 1 saturated heterocycles. The van der Waals surface area contributed by atoms with Gasteiger partial charge in [0, 0.05) is 25.8 Å². The highest BCUT2D eigenvalue weighted by Crippen LogP contribution is 2.40. The SMILES string of the molecule is COCCCN1C(=O)C(=O)/C(=C(\O)c2ccc(Cl)c(OC)c2)C1c1ccccc1. The van der Waals surface area contributed by atoms with Gasteiger partial charge in [-0.05, 0) is 30.2 Å². The Kier molecular flexibility index (Phi) is 6.56. The van der Waals surface area contributed by atoms with Crippen LogP contribution in [0.15, 0.2) is 54.1 Å². The number of hydrogen-bond donors (Lipinski definition) is 1. The molecule has 1 atom stereocenters. The largest absolute Gasteiger partial charge is 0.507 e. The molecule has 1 aliphatic rings. The minimum absolute atomic E-state index is 0.0444. The molecule has 0 bridgehead atoms. The van der Waals surface area contributed by atoms with E-state index in [0.29, 0.717) is 35.9 Å². The number of Topliss-reactive ketones (excluding diaryl/α,β-unsaturated/α-hetero) is 1. The summed E-state index contributed by atoms with van der Waals surface area (Å²) < 4.78 is 10.3. The molecule has 29 heavy (non-hydrogen) atoms. The summed E-state index contributed by atoms with van der Waals surface area (Å²) in [6, 6.07) is 13.2. The van der Waals surface area contributed by atoms with Gasteiger partial charge in [-0.15, -0.1) is 0 Å². The molecule has 0 spiro atoms. The Hall–Kier alpha value is -2.83. The fourth-order valence-corrected chi connectivity index (χ4v) is 3.63. The number of carbonyl (C=O) groups is 2. The van der Waals surface area contributed by atoms with Crippen molar-refractivity contribution in [3.63, 3.8) is 0 Å². The van der Waals surface area contributed by atoms with Gasteiger partial charge in [-0.25, -0.2) is 0 Å². The van der Waals surface area contributed by atoms with Crippen molar-refractivity contribution in [1.29, 1.82) is 0 Å². The summed E-state index contributed by atoms with van der Waals surface area (Å²) >= 11 is 6.07. The first-order valence-corrected chi connectivity index (χ1v) is 9.53. The minimum Gasteiger partial charge on any atom is -0.507 e. The standard InChI is InChI=1S/C22H22ClNO5/c1-28-12-6-11-24-19(14-7-4-3-5-8-14)18(21(26)22(24)27)20(25)15-9-10-16(23)17(13-15)29-2/h3-5,7-10,13,19,25H,6,11-12H2,1-2H3/b20-18-. The lowest BCUT2D eigenvalue weighted by Gasteiger charge is -2.25. The molecule has 152 valence electrons. The van der Waals surface area contributed by atoms with Crippen molar-refractivity contribution in [3.8, 4) is 5.75 Å². The smallest absolute Gasteiger partial charge is 0.295 e. The van der Waals surface area contributed by atoms with Gasteiger partial charge in [0.15, 0.2) is 0 Å². The predicted molar refractivity (Wildman–Crippen MR) is 110 cm³/mol. The molecule has 1 fully saturated rings. The third-order valence-electron chi connectivity index (χ3n) is 4.83. The molecule has 6 nitrogen and oxygen atoms in total. The fourth-order valence-electron chi connectivity index (χ4n) is 3.43. The normalized spacial score (nSPS) is 18.3. The van der Waals surface area contributed by atoms with E-state index >= 15 is 0 Å². The number of methoxy groups -OCH3 is 2. The van der Waals surface area contributed by atoms with Crippen LogP contribution in [-0.2, 0) is 14.3 Å². The molecule has 2 aromatic carbocycles. The van der Waals surface area contributed by atoms with Crippen LogP contribution >= 0.6 is 11.6 Å². The number of aliphatic hydroxyl groups is 1. The zero-order chi connectivity index (χ0) is 21.0. The van der Waals surface area contributed by atoms with Crippen LogP contribution < -0.4 is 4.74 Å². The second kappa shape index (κ2) is 9.11. The average molecular weight is 416 g/mol. The third-order valence-corrected chi connectivity index (χ3v) is 5.14. The molecule has 1 amide bonds. The highest BCUT2D eigenvalue weighted by Gasteiger charge is 2.45. The number of carbonyl (C=O) groups excluding carboxylic acids is 2. The topological polar surface area (TPSA) is 76.1 Å². The van der Waals surface area contributed by atoms with Gasteiger partial charge < -0.3 is 19.5 Å². The van der Waals surface area contributed by atoms with Crippen LogP contribution in [0.25, 0.3) is 5.76 Å². The molecule has 1 unspecified atom stereocenters. The summed E-state index contributed by atoms with van der Waals surface area (Å²) in [5, 5.41) is 11.4. The molecule has 0 aliphatic carbocycles. The second-order valence-corrected chi connectivity index (χ2v) is 7.01. The summed E-state index contributed by atoms with van der Waals surface area (Å²) in [4.78, 5) is 27.1. The van der Waals surface area contributed by atoms with Crippen LogP contribution in [0, 0.1) is 0 Å². The van der Waals surface area contributed by atoms with Gasteiger partial charge in [-0.2, -0.15) is 0 Å². The number of likely N-dealkylation sites (tertiary alicyclic amines) is 1. The molecule has 7 heteroatoms. The number of halogens is 1. The molecule has 0 saturated carbocycles. The quantitative estimate of drug-likeness (QED) is 0.322. The predicted octanol–water partition coefficient (Wildman–Crippen LogP) is 3.81. The van der Waals surface area contributed by atoms with Gasteiger partial charge >= 0.3 is 0 Å². The number of ether oxygens (including phenoxy) is 2. The summed E-state index contributed by atoms with van der Waals surface area (Å²) in [6.45, 7) is 0.789. The van der Waals surface area contributed by atoms with Crippen LogP contribution in [-0.4, -0.2) is 49.1 Å². The minimum atomic E-state index is -0.720. The Balaban J connectivity index is 2.12. The van der Waals surface area contributed by atoms with Crippen molar-refractivity contribution in [2.24, 2.45) is 0 Å². The molecule has 1 N–H and O–H groups in total. The van der Waals surface area contributed by atoms with E-state index in [2.05, 4.69) is 0 Å². The molecule has 1 aliphatic heterocycles. The van der Waals surface area contributed by atoms with Crippen molar-refractivity contribution >= 4 is 29.1 Å².